The highest BCUT2D eigenvalue weighted by Gasteiger charge is 2.27. The van der Waals surface area contributed by atoms with Crippen LogP contribution in [0.4, 0.5) is 13.2 Å². The molecule has 0 atom stereocenters. The summed E-state index contributed by atoms with van der Waals surface area (Å²) in [5, 5.41) is 0. The summed E-state index contributed by atoms with van der Waals surface area (Å²) in [5.41, 5.74) is 0. The van der Waals surface area contributed by atoms with Gasteiger partial charge in [-0.15, -0.1) is 0 Å². The van der Waals surface area contributed by atoms with E-state index in [-0.39, 0.29) is 12.3 Å². The van der Waals surface area contributed by atoms with Gasteiger partial charge >= 0.3 is 6.18 Å². The zero-order valence-corrected chi connectivity index (χ0v) is 7.04. The maximum Gasteiger partial charge on any atom is 0.389 e. The van der Waals surface area contributed by atoms with E-state index < -0.39 is 12.6 Å². The fourth-order valence-corrected chi connectivity index (χ4v) is 1.06. The van der Waals surface area contributed by atoms with Crippen molar-refractivity contribution in [2.75, 3.05) is 0 Å². The lowest BCUT2D eigenvalue weighted by molar-refractivity contribution is -0.137. The van der Waals surface area contributed by atoms with Crippen LogP contribution < -0.4 is 0 Å². The molecule has 0 aromatic rings. The molecule has 0 aliphatic rings. The molecule has 0 rings (SSSR count). The van der Waals surface area contributed by atoms with E-state index in [0.717, 1.165) is 12.8 Å². The molecule has 0 aliphatic heterocycles. The van der Waals surface area contributed by atoms with Gasteiger partial charge < -0.3 is 0 Å². The first kappa shape index (κ1) is 10.8. The standard InChI is InChI=1S/C8H15F3/c1-3-7(4-2)5-6-8(9,10)11/h7H,3-6H2,1-2H3. The highest BCUT2D eigenvalue weighted by molar-refractivity contribution is 4.58. The number of rotatable bonds is 4. The first-order chi connectivity index (χ1) is 4.99. The molecule has 68 valence electrons. The Morgan fingerprint density at radius 3 is 1.82 bits per heavy atom. The van der Waals surface area contributed by atoms with Gasteiger partial charge in [-0.2, -0.15) is 13.2 Å². The fraction of sp³-hybridized carbons (Fsp3) is 1.00. The molecule has 0 heterocycles. The fourth-order valence-electron chi connectivity index (χ4n) is 1.06. The molecule has 0 nitrogen and oxygen atoms in total. The molecule has 0 aromatic carbocycles. The van der Waals surface area contributed by atoms with Crippen molar-refractivity contribution in [3.63, 3.8) is 0 Å². The second-order valence-corrected chi connectivity index (χ2v) is 2.84. The van der Waals surface area contributed by atoms with Crippen molar-refractivity contribution in [3.8, 4) is 0 Å². The normalized spacial score (nSPS) is 12.5. The Labute approximate surface area is 65.8 Å². The third kappa shape index (κ3) is 6.20. The van der Waals surface area contributed by atoms with Crippen LogP contribution in [-0.4, -0.2) is 6.18 Å². The van der Waals surface area contributed by atoms with Gasteiger partial charge in [0.2, 0.25) is 0 Å². The minimum atomic E-state index is -3.97. The molecule has 0 bridgehead atoms. The van der Waals surface area contributed by atoms with Crippen LogP contribution >= 0.6 is 0 Å². The maximum atomic E-state index is 11.7. The summed E-state index contributed by atoms with van der Waals surface area (Å²) in [6.07, 6.45) is -2.60. The van der Waals surface area contributed by atoms with Crippen molar-refractivity contribution in [1.82, 2.24) is 0 Å². The minimum Gasteiger partial charge on any atom is -0.171 e. The van der Waals surface area contributed by atoms with Crippen LogP contribution in [-0.2, 0) is 0 Å². The van der Waals surface area contributed by atoms with Crippen LogP contribution in [0.3, 0.4) is 0 Å². The lowest BCUT2D eigenvalue weighted by Crippen LogP contribution is -2.10. The van der Waals surface area contributed by atoms with Crippen LogP contribution in [0, 0.1) is 5.92 Å². The van der Waals surface area contributed by atoms with Gasteiger partial charge in [0.25, 0.3) is 0 Å². The number of halogens is 3. The van der Waals surface area contributed by atoms with E-state index in [4.69, 9.17) is 0 Å². The Kier molecular flexibility index (Phi) is 4.54. The summed E-state index contributed by atoms with van der Waals surface area (Å²) in [4.78, 5) is 0. The number of hydrogen-bond donors (Lipinski definition) is 0. The van der Waals surface area contributed by atoms with Gasteiger partial charge in [-0.3, -0.25) is 0 Å². The van der Waals surface area contributed by atoms with E-state index in [0.29, 0.717) is 0 Å². The summed E-state index contributed by atoms with van der Waals surface area (Å²) < 4.78 is 35.1. The van der Waals surface area contributed by atoms with E-state index in [9.17, 15) is 13.2 Å². The SMILES string of the molecule is CCC(CC)CCC(F)(F)F. The quantitative estimate of drug-likeness (QED) is 0.599. The molecule has 0 fully saturated rings. The van der Waals surface area contributed by atoms with Gasteiger partial charge in [0, 0.05) is 6.42 Å². The monoisotopic (exact) mass is 168 g/mol. The van der Waals surface area contributed by atoms with E-state index in [1.807, 2.05) is 13.8 Å². The van der Waals surface area contributed by atoms with Gasteiger partial charge in [-0.25, -0.2) is 0 Å². The Balaban J connectivity index is 3.51. The van der Waals surface area contributed by atoms with Crippen molar-refractivity contribution in [2.24, 2.45) is 5.92 Å². The van der Waals surface area contributed by atoms with E-state index in [1.54, 1.807) is 0 Å². The molecule has 0 aromatic heterocycles. The highest BCUT2D eigenvalue weighted by Crippen LogP contribution is 2.26. The largest absolute Gasteiger partial charge is 0.389 e. The van der Waals surface area contributed by atoms with Crippen LogP contribution in [0.15, 0.2) is 0 Å². The zero-order valence-electron chi connectivity index (χ0n) is 7.04. The van der Waals surface area contributed by atoms with Gasteiger partial charge in [0.1, 0.15) is 0 Å². The molecular formula is C8H15F3. The zero-order chi connectivity index (χ0) is 8.91. The first-order valence-corrected chi connectivity index (χ1v) is 4.06. The van der Waals surface area contributed by atoms with Crippen molar-refractivity contribution >= 4 is 0 Å². The summed E-state index contributed by atoms with van der Waals surface area (Å²) in [5.74, 6) is 0.247. The lowest BCUT2D eigenvalue weighted by atomic mass is 9.98. The van der Waals surface area contributed by atoms with Gasteiger partial charge in [-0.05, 0) is 12.3 Å². The average Bonchev–Trinajstić information content (AvgIpc) is 1.88. The van der Waals surface area contributed by atoms with Gasteiger partial charge in [0.15, 0.2) is 0 Å². The van der Waals surface area contributed by atoms with Crippen molar-refractivity contribution in [1.29, 1.82) is 0 Å². The number of alkyl halides is 3. The summed E-state index contributed by atoms with van der Waals surface area (Å²) >= 11 is 0. The summed E-state index contributed by atoms with van der Waals surface area (Å²) in [6.45, 7) is 3.87. The highest BCUT2D eigenvalue weighted by atomic mass is 19.4. The van der Waals surface area contributed by atoms with Crippen LogP contribution in [0.25, 0.3) is 0 Å². The molecule has 11 heavy (non-hydrogen) atoms. The van der Waals surface area contributed by atoms with Gasteiger partial charge in [0.05, 0.1) is 0 Å². The van der Waals surface area contributed by atoms with E-state index >= 15 is 0 Å². The number of hydrogen-bond acceptors (Lipinski definition) is 0. The average molecular weight is 168 g/mol. The Bertz CT molecular complexity index is 92.0. The van der Waals surface area contributed by atoms with Crippen LogP contribution in [0.5, 0.6) is 0 Å². The van der Waals surface area contributed by atoms with E-state index in [2.05, 4.69) is 0 Å². The molecule has 0 radical (unpaired) electrons. The topological polar surface area (TPSA) is 0 Å². The molecule has 0 saturated carbocycles. The smallest absolute Gasteiger partial charge is 0.171 e. The third-order valence-corrected chi connectivity index (χ3v) is 1.99. The predicted octanol–water partition coefficient (Wildman–Crippen LogP) is 3.77. The third-order valence-electron chi connectivity index (χ3n) is 1.99. The van der Waals surface area contributed by atoms with Crippen molar-refractivity contribution in [3.05, 3.63) is 0 Å². The second kappa shape index (κ2) is 4.62. The predicted molar refractivity (Wildman–Crippen MR) is 39.4 cm³/mol. The van der Waals surface area contributed by atoms with E-state index in [1.165, 1.54) is 0 Å². The first-order valence-electron chi connectivity index (χ1n) is 4.06. The second-order valence-electron chi connectivity index (χ2n) is 2.84. The molecule has 0 N–H and O–H groups in total. The summed E-state index contributed by atoms with van der Waals surface area (Å²) in [6, 6.07) is 0. The Morgan fingerprint density at radius 1 is 1.09 bits per heavy atom. The van der Waals surface area contributed by atoms with Crippen molar-refractivity contribution in [2.45, 2.75) is 45.7 Å². The molecule has 3 heteroatoms. The minimum absolute atomic E-state index is 0.247. The molecule has 0 spiro atoms. The Hall–Kier alpha value is -0.210. The molecule has 0 unspecified atom stereocenters. The molecule has 0 amide bonds. The molecule has 0 saturated heterocycles. The molecular weight excluding hydrogens is 153 g/mol. The van der Waals surface area contributed by atoms with Crippen molar-refractivity contribution < 1.29 is 13.2 Å². The summed E-state index contributed by atoms with van der Waals surface area (Å²) in [7, 11) is 0. The lowest BCUT2D eigenvalue weighted by Gasteiger charge is -2.12. The molecule has 0 aliphatic carbocycles. The maximum absolute atomic E-state index is 11.7. The Morgan fingerprint density at radius 2 is 1.55 bits per heavy atom. The van der Waals surface area contributed by atoms with Gasteiger partial charge in [-0.1, -0.05) is 26.7 Å². The van der Waals surface area contributed by atoms with Crippen LogP contribution in [0.2, 0.25) is 0 Å². The van der Waals surface area contributed by atoms with Crippen LogP contribution in [0.1, 0.15) is 39.5 Å².